The monoisotopic (exact) mass is 302 g/mol. The van der Waals surface area contributed by atoms with Gasteiger partial charge < -0.3 is 5.32 Å². The van der Waals surface area contributed by atoms with E-state index in [1.165, 1.54) is 6.07 Å². The molecular formula is C15H14N2O3S. The van der Waals surface area contributed by atoms with E-state index in [1.54, 1.807) is 36.4 Å². The number of nitrogens with one attached hydrogen (secondary N) is 1. The first-order chi connectivity index (χ1) is 9.91. The number of hydrogen-bond donors (Lipinski definition) is 1. The number of hydrogen-bond acceptors (Lipinski definition) is 3. The van der Waals surface area contributed by atoms with Gasteiger partial charge >= 0.3 is 6.03 Å². The van der Waals surface area contributed by atoms with E-state index in [-0.39, 0.29) is 4.90 Å². The van der Waals surface area contributed by atoms with Crippen LogP contribution in [0.15, 0.2) is 47.4 Å². The van der Waals surface area contributed by atoms with E-state index in [1.807, 2.05) is 13.8 Å². The molecule has 0 saturated carbocycles. The van der Waals surface area contributed by atoms with Crippen molar-refractivity contribution in [3.05, 3.63) is 53.6 Å². The maximum Gasteiger partial charge on any atom is 0.340 e. The molecule has 0 saturated heterocycles. The van der Waals surface area contributed by atoms with Crippen LogP contribution in [0.1, 0.15) is 11.1 Å². The third-order valence-corrected chi connectivity index (χ3v) is 5.33. The molecule has 5 nitrogen and oxygen atoms in total. The Labute approximate surface area is 123 Å². The van der Waals surface area contributed by atoms with Crippen LogP contribution in [0.2, 0.25) is 0 Å². The molecule has 0 bridgehead atoms. The fraction of sp³-hybridized carbons (Fsp3) is 0.133. The largest absolute Gasteiger partial charge is 0.340 e. The van der Waals surface area contributed by atoms with Crippen molar-refractivity contribution < 1.29 is 13.2 Å². The molecular weight excluding hydrogens is 288 g/mol. The molecule has 21 heavy (non-hydrogen) atoms. The Kier molecular flexibility index (Phi) is 2.98. The number of amides is 2. The van der Waals surface area contributed by atoms with Crippen molar-refractivity contribution in [2.75, 3.05) is 9.62 Å². The minimum Gasteiger partial charge on any atom is -0.305 e. The van der Waals surface area contributed by atoms with Crippen LogP contribution in [-0.4, -0.2) is 14.4 Å². The number of rotatable bonds is 1. The van der Waals surface area contributed by atoms with E-state index in [2.05, 4.69) is 5.32 Å². The van der Waals surface area contributed by atoms with Gasteiger partial charge in [-0.05, 0) is 49.2 Å². The maximum absolute atomic E-state index is 12.7. The molecule has 108 valence electrons. The van der Waals surface area contributed by atoms with Crippen LogP contribution in [0.25, 0.3) is 0 Å². The number of anilines is 2. The van der Waals surface area contributed by atoms with E-state index in [9.17, 15) is 13.2 Å². The minimum absolute atomic E-state index is 0.0998. The third-order valence-electron chi connectivity index (χ3n) is 3.56. The highest BCUT2D eigenvalue weighted by Crippen LogP contribution is 2.33. The van der Waals surface area contributed by atoms with Crippen LogP contribution < -0.4 is 9.62 Å². The van der Waals surface area contributed by atoms with Gasteiger partial charge in [0.15, 0.2) is 0 Å². The highest BCUT2D eigenvalue weighted by molar-refractivity contribution is 7.94. The molecule has 2 aromatic carbocycles. The molecule has 6 heteroatoms. The van der Waals surface area contributed by atoms with Gasteiger partial charge in [-0.2, -0.15) is 4.31 Å². The molecule has 0 atom stereocenters. The number of sulfonamides is 1. The molecule has 0 aliphatic carbocycles. The Balaban J connectivity index is 2.20. The summed E-state index contributed by atoms with van der Waals surface area (Å²) in [7, 11) is -3.89. The Bertz CT molecular complexity index is 844. The normalized spacial score (nSPS) is 16.3. The predicted octanol–water partition coefficient (Wildman–Crippen LogP) is 3.04. The van der Waals surface area contributed by atoms with Gasteiger partial charge in [-0.15, -0.1) is 0 Å². The predicted molar refractivity (Wildman–Crippen MR) is 81.0 cm³/mol. The zero-order valence-electron chi connectivity index (χ0n) is 11.6. The summed E-state index contributed by atoms with van der Waals surface area (Å²) in [5, 5.41) is 2.61. The summed E-state index contributed by atoms with van der Waals surface area (Å²) in [4.78, 5) is 12.3. The summed E-state index contributed by atoms with van der Waals surface area (Å²) >= 11 is 0. The number of para-hydroxylation sites is 1. The van der Waals surface area contributed by atoms with E-state index < -0.39 is 16.1 Å². The topological polar surface area (TPSA) is 66.5 Å². The summed E-state index contributed by atoms with van der Waals surface area (Å²) in [5.41, 5.74) is 2.61. The molecule has 2 aromatic rings. The van der Waals surface area contributed by atoms with Crippen molar-refractivity contribution in [1.82, 2.24) is 0 Å². The number of urea groups is 1. The molecule has 3 rings (SSSR count). The second kappa shape index (κ2) is 4.60. The molecule has 0 unspecified atom stereocenters. The van der Waals surface area contributed by atoms with E-state index in [4.69, 9.17) is 0 Å². The maximum atomic E-state index is 12.7. The summed E-state index contributed by atoms with van der Waals surface area (Å²) in [6.07, 6.45) is 0. The number of aryl methyl sites for hydroxylation is 2. The van der Waals surface area contributed by atoms with Crippen LogP contribution >= 0.6 is 0 Å². The Morgan fingerprint density at radius 2 is 1.71 bits per heavy atom. The van der Waals surface area contributed by atoms with Gasteiger partial charge in [-0.3, -0.25) is 0 Å². The number of fused-ring (bicyclic) bond motifs is 1. The highest BCUT2D eigenvalue weighted by atomic mass is 32.2. The molecule has 1 N–H and O–H groups in total. The van der Waals surface area contributed by atoms with Crippen LogP contribution in [0.4, 0.5) is 16.2 Å². The lowest BCUT2D eigenvalue weighted by atomic mass is 10.1. The fourth-order valence-corrected chi connectivity index (χ4v) is 3.78. The lowest BCUT2D eigenvalue weighted by Gasteiger charge is -2.29. The molecule has 0 spiro atoms. The number of benzene rings is 2. The van der Waals surface area contributed by atoms with Gasteiger partial charge in [0.2, 0.25) is 0 Å². The summed E-state index contributed by atoms with van der Waals surface area (Å²) < 4.78 is 26.2. The van der Waals surface area contributed by atoms with Crippen molar-refractivity contribution in [2.45, 2.75) is 18.7 Å². The molecule has 0 radical (unpaired) electrons. The van der Waals surface area contributed by atoms with E-state index >= 15 is 0 Å². The summed E-state index contributed by atoms with van der Waals surface area (Å²) in [6.45, 7) is 3.81. The van der Waals surface area contributed by atoms with Gasteiger partial charge in [0.1, 0.15) is 4.90 Å². The molecule has 1 heterocycles. The summed E-state index contributed by atoms with van der Waals surface area (Å²) in [6, 6.07) is 10.8. The Morgan fingerprint density at radius 3 is 2.43 bits per heavy atom. The number of nitrogens with zero attached hydrogens (tertiary/aromatic N) is 1. The van der Waals surface area contributed by atoms with E-state index in [0.717, 1.165) is 15.4 Å². The molecule has 0 aromatic heterocycles. The quantitative estimate of drug-likeness (QED) is 0.880. The Hall–Kier alpha value is -2.34. The molecule has 2 amide bonds. The van der Waals surface area contributed by atoms with Crippen molar-refractivity contribution in [3.63, 3.8) is 0 Å². The fourth-order valence-electron chi connectivity index (χ4n) is 2.28. The zero-order valence-corrected chi connectivity index (χ0v) is 12.4. The molecule has 1 aliphatic rings. The van der Waals surface area contributed by atoms with Gasteiger partial charge in [0.25, 0.3) is 10.0 Å². The minimum atomic E-state index is -3.89. The summed E-state index contributed by atoms with van der Waals surface area (Å²) in [5.74, 6) is 0. The average molecular weight is 302 g/mol. The first-order valence-electron chi connectivity index (χ1n) is 6.44. The highest BCUT2D eigenvalue weighted by Gasteiger charge is 2.37. The van der Waals surface area contributed by atoms with Crippen LogP contribution in [0.3, 0.4) is 0 Å². The average Bonchev–Trinajstić information content (AvgIpc) is 2.42. The number of carbonyl (C=O) groups is 1. The van der Waals surface area contributed by atoms with Crippen LogP contribution in [-0.2, 0) is 10.0 Å². The van der Waals surface area contributed by atoms with Gasteiger partial charge in [-0.1, -0.05) is 18.2 Å². The lowest BCUT2D eigenvalue weighted by Crippen LogP contribution is -2.44. The number of carbonyl (C=O) groups excluding carboxylic acids is 1. The zero-order chi connectivity index (χ0) is 15.2. The second-order valence-electron chi connectivity index (χ2n) is 4.96. The first kappa shape index (κ1) is 13.6. The van der Waals surface area contributed by atoms with Crippen molar-refractivity contribution >= 4 is 27.4 Å². The SMILES string of the molecule is Cc1ccc(N2C(=O)Nc3ccccc3S2(=O)=O)cc1C. The van der Waals surface area contributed by atoms with Gasteiger partial charge in [0.05, 0.1) is 11.4 Å². The first-order valence-corrected chi connectivity index (χ1v) is 7.88. The smallest absolute Gasteiger partial charge is 0.305 e. The van der Waals surface area contributed by atoms with E-state index in [0.29, 0.717) is 11.4 Å². The molecule has 0 fully saturated rings. The second-order valence-corrected chi connectivity index (χ2v) is 6.72. The van der Waals surface area contributed by atoms with Crippen LogP contribution in [0, 0.1) is 13.8 Å². The molecule has 1 aliphatic heterocycles. The van der Waals surface area contributed by atoms with Crippen molar-refractivity contribution in [2.24, 2.45) is 0 Å². The van der Waals surface area contributed by atoms with Gasteiger partial charge in [-0.25, -0.2) is 13.2 Å². The van der Waals surface area contributed by atoms with Gasteiger partial charge in [0, 0.05) is 0 Å². The lowest BCUT2D eigenvalue weighted by molar-refractivity contribution is 0.259. The third kappa shape index (κ3) is 2.08. The van der Waals surface area contributed by atoms with Crippen molar-refractivity contribution in [3.8, 4) is 0 Å². The Morgan fingerprint density at radius 1 is 1.00 bits per heavy atom. The van der Waals surface area contributed by atoms with Crippen molar-refractivity contribution in [1.29, 1.82) is 0 Å². The standard InChI is InChI=1S/C15H14N2O3S/c1-10-7-8-12(9-11(10)2)17-15(18)16-13-5-3-4-6-14(13)21(17,19)20/h3-9H,1-2H3,(H,16,18). The van der Waals surface area contributed by atoms with Crippen LogP contribution in [0.5, 0.6) is 0 Å².